The highest BCUT2D eigenvalue weighted by atomic mass is 16.6. The molecule has 0 fully saturated rings. The lowest BCUT2D eigenvalue weighted by Crippen LogP contribution is -1.97. The van der Waals surface area contributed by atoms with E-state index in [2.05, 4.69) is 12.2 Å². The molecule has 9 heteroatoms. The molecule has 6 N–H and O–H groups in total. The largest absolute Gasteiger partial charge is 0.503 e. The van der Waals surface area contributed by atoms with Gasteiger partial charge in [0.25, 0.3) is 0 Å². The molecule has 9 nitrogen and oxygen atoms in total. The molecule has 0 aromatic heterocycles. The number of carbonyl (C=O) groups is 3. The Morgan fingerprint density at radius 1 is 0.500 bits per heavy atom. The molecule has 0 aromatic carbocycles. The van der Waals surface area contributed by atoms with Gasteiger partial charge in [0, 0.05) is 0 Å². The zero-order valence-electron chi connectivity index (χ0n) is 16.0. The molecule has 162 valence electrons. The third-order valence-corrected chi connectivity index (χ3v) is 3.99. The first-order valence-corrected chi connectivity index (χ1v) is 9.30. The molecule has 0 aromatic rings. The fourth-order valence-corrected chi connectivity index (χ4v) is 2.97. The second-order valence-electron chi connectivity index (χ2n) is 6.21. The first-order chi connectivity index (χ1) is 13.2. The van der Waals surface area contributed by atoms with Gasteiger partial charge in [0.15, 0.2) is 0 Å². The Labute approximate surface area is 164 Å². The second-order valence-corrected chi connectivity index (χ2v) is 6.21. The van der Waals surface area contributed by atoms with Gasteiger partial charge >= 0.3 is 18.5 Å². The van der Waals surface area contributed by atoms with Gasteiger partial charge in [-0.15, -0.1) is 0 Å². The normalized spacial score (nSPS) is 20.3. The molecule has 0 atom stereocenters. The van der Waals surface area contributed by atoms with Gasteiger partial charge in [-0.05, 0) is 62.5 Å². The van der Waals surface area contributed by atoms with Crippen molar-refractivity contribution in [2.45, 2.75) is 77.0 Å². The number of hydrogen-bond acceptors (Lipinski definition) is 3. The minimum absolute atomic E-state index is 1.33. The Morgan fingerprint density at radius 2 is 0.750 bits per heavy atom. The van der Waals surface area contributed by atoms with Crippen molar-refractivity contribution in [3.05, 3.63) is 23.3 Å². The Hall–Kier alpha value is -2.71. The lowest BCUT2D eigenvalue weighted by Gasteiger charge is -2.17. The van der Waals surface area contributed by atoms with Crippen LogP contribution >= 0.6 is 0 Å². The van der Waals surface area contributed by atoms with Crippen molar-refractivity contribution in [1.29, 1.82) is 0 Å². The summed E-state index contributed by atoms with van der Waals surface area (Å²) in [6, 6.07) is 0. The highest BCUT2D eigenvalue weighted by Crippen LogP contribution is 2.28. The summed E-state index contributed by atoms with van der Waals surface area (Å²) in [5, 5.41) is 41.8. The smallest absolute Gasteiger partial charge is 0.450 e. The molecule has 0 saturated heterocycles. The number of carboxylic acid groups (broad SMARTS) is 6. The van der Waals surface area contributed by atoms with Gasteiger partial charge in [-0.1, -0.05) is 37.8 Å². The molecule has 2 aliphatic rings. The van der Waals surface area contributed by atoms with Crippen LogP contribution in [0.1, 0.15) is 77.0 Å². The summed E-state index contributed by atoms with van der Waals surface area (Å²) >= 11 is 0. The van der Waals surface area contributed by atoms with Crippen LogP contribution in [0, 0.1) is 0 Å². The van der Waals surface area contributed by atoms with Crippen molar-refractivity contribution >= 4 is 18.5 Å². The lowest BCUT2D eigenvalue weighted by atomic mass is 9.89. The predicted molar refractivity (Wildman–Crippen MR) is 104 cm³/mol. The molecule has 2 rings (SSSR count). The average Bonchev–Trinajstić information content (AvgIpc) is 2.46. The fourth-order valence-electron chi connectivity index (χ4n) is 2.97. The molecule has 2 aliphatic carbocycles. The maximum absolute atomic E-state index is 8.56. The maximum Gasteiger partial charge on any atom is 0.503 e. The summed E-state index contributed by atoms with van der Waals surface area (Å²) in [5.41, 5.74) is 3.42. The molecular formula is C19H32O9. The molecule has 0 heterocycles. The molecule has 28 heavy (non-hydrogen) atoms. The first-order valence-electron chi connectivity index (χ1n) is 9.30. The van der Waals surface area contributed by atoms with E-state index in [0.29, 0.717) is 0 Å². The van der Waals surface area contributed by atoms with E-state index in [9.17, 15) is 0 Å². The maximum atomic E-state index is 8.56. The SMILES string of the molecule is C1=C(\C2=C\CCCCCC2)CCCCCC/1.O=C(O)O.O=C(O)O.O=C(O)O. The molecule has 0 unspecified atom stereocenters. The summed E-state index contributed by atoms with van der Waals surface area (Å²) in [6.07, 6.45) is 16.4. The highest BCUT2D eigenvalue weighted by Gasteiger charge is 2.08. The predicted octanol–water partition coefficient (Wildman–Crippen LogP) is 6.21. The van der Waals surface area contributed by atoms with Crippen LogP contribution in [-0.2, 0) is 0 Å². The van der Waals surface area contributed by atoms with Gasteiger partial charge in [-0.2, -0.15) is 0 Å². The van der Waals surface area contributed by atoms with Crippen LogP contribution in [-0.4, -0.2) is 49.1 Å². The van der Waals surface area contributed by atoms with Crippen LogP contribution in [0.5, 0.6) is 0 Å². The monoisotopic (exact) mass is 404 g/mol. The summed E-state index contributed by atoms with van der Waals surface area (Å²) in [4.78, 5) is 25.7. The number of rotatable bonds is 1. The van der Waals surface area contributed by atoms with Gasteiger partial charge in [0.1, 0.15) is 0 Å². The van der Waals surface area contributed by atoms with Crippen molar-refractivity contribution in [3.8, 4) is 0 Å². The summed E-state index contributed by atoms with van der Waals surface area (Å²) in [7, 11) is 0. The molecule has 0 spiro atoms. The Bertz CT molecular complexity index is 441. The Morgan fingerprint density at radius 3 is 1.04 bits per heavy atom. The molecule has 0 amide bonds. The van der Waals surface area contributed by atoms with E-state index in [1.54, 1.807) is 11.1 Å². The van der Waals surface area contributed by atoms with E-state index in [4.69, 9.17) is 45.0 Å². The molecule has 0 radical (unpaired) electrons. The van der Waals surface area contributed by atoms with E-state index < -0.39 is 18.5 Å². The van der Waals surface area contributed by atoms with E-state index >= 15 is 0 Å². The van der Waals surface area contributed by atoms with Crippen molar-refractivity contribution in [1.82, 2.24) is 0 Å². The summed E-state index contributed by atoms with van der Waals surface area (Å²) < 4.78 is 0. The lowest BCUT2D eigenvalue weighted by molar-refractivity contribution is 0.135. The van der Waals surface area contributed by atoms with Crippen LogP contribution in [0.4, 0.5) is 14.4 Å². The van der Waals surface area contributed by atoms with Gasteiger partial charge in [-0.3, -0.25) is 0 Å². The quantitative estimate of drug-likeness (QED) is 0.297. The zero-order valence-corrected chi connectivity index (χ0v) is 16.0. The topological polar surface area (TPSA) is 173 Å². The van der Waals surface area contributed by atoms with Gasteiger partial charge in [0.05, 0.1) is 0 Å². The fraction of sp³-hybridized carbons (Fsp3) is 0.632. The van der Waals surface area contributed by atoms with Crippen molar-refractivity contribution in [3.63, 3.8) is 0 Å². The van der Waals surface area contributed by atoms with Gasteiger partial charge in [0.2, 0.25) is 0 Å². The Kier molecular flexibility index (Phi) is 18.7. The van der Waals surface area contributed by atoms with E-state index in [1.807, 2.05) is 0 Å². The third-order valence-electron chi connectivity index (χ3n) is 3.99. The molecule has 0 saturated carbocycles. The number of hydrogen-bond donors (Lipinski definition) is 6. The van der Waals surface area contributed by atoms with Crippen LogP contribution in [0.15, 0.2) is 23.3 Å². The number of allylic oxidation sites excluding steroid dienone is 4. The van der Waals surface area contributed by atoms with Crippen LogP contribution in [0.25, 0.3) is 0 Å². The van der Waals surface area contributed by atoms with Gasteiger partial charge in [-0.25, -0.2) is 14.4 Å². The van der Waals surface area contributed by atoms with Crippen molar-refractivity contribution in [2.24, 2.45) is 0 Å². The molecule has 0 aliphatic heterocycles. The van der Waals surface area contributed by atoms with Crippen molar-refractivity contribution < 1.29 is 45.0 Å². The summed E-state index contributed by atoms with van der Waals surface area (Å²) in [5.74, 6) is 0. The van der Waals surface area contributed by atoms with E-state index in [0.717, 1.165) is 0 Å². The zero-order chi connectivity index (χ0) is 21.8. The third kappa shape index (κ3) is 25.5. The molecular weight excluding hydrogens is 372 g/mol. The van der Waals surface area contributed by atoms with Crippen LogP contribution in [0.2, 0.25) is 0 Å². The van der Waals surface area contributed by atoms with Crippen molar-refractivity contribution in [2.75, 3.05) is 0 Å². The first kappa shape index (κ1) is 27.5. The van der Waals surface area contributed by atoms with Gasteiger partial charge < -0.3 is 30.6 Å². The second kappa shape index (κ2) is 19.1. The highest BCUT2D eigenvalue weighted by molar-refractivity contribution is 5.53. The standard InChI is InChI=1S/C16H26.3CH2O3/c1-3-7-11-15(12-8-4-1)16-13-9-5-2-6-10-14-16;3*2-1(3)4/h11,13H,1-10,12,14H2;3*(H2,2,3,4)/b15-11-,16-13+;;;. The minimum Gasteiger partial charge on any atom is -0.450 e. The minimum atomic E-state index is -1.83. The van der Waals surface area contributed by atoms with E-state index in [-0.39, 0.29) is 0 Å². The van der Waals surface area contributed by atoms with Crippen LogP contribution in [0.3, 0.4) is 0 Å². The average molecular weight is 404 g/mol. The van der Waals surface area contributed by atoms with Crippen LogP contribution < -0.4 is 0 Å². The Balaban J connectivity index is 0. The molecule has 0 bridgehead atoms. The summed E-state index contributed by atoms with van der Waals surface area (Å²) in [6.45, 7) is 0. The van der Waals surface area contributed by atoms with E-state index in [1.165, 1.54) is 77.0 Å².